The van der Waals surface area contributed by atoms with Gasteiger partial charge in [-0.15, -0.1) is 0 Å². The number of nitrogens with two attached hydrogens (primary N) is 1. The summed E-state index contributed by atoms with van der Waals surface area (Å²) in [6, 6.07) is 8.69. The molecule has 9 heteroatoms. The van der Waals surface area contributed by atoms with Crippen LogP contribution >= 0.6 is 0 Å². The van der Waals surface area contributed by atoms with Crippen LogP contribution in [0.2, 0.25) is 0 Å². The second kappa shape index (κ2) is 10.3. The Kier molecular flexibility index (Phi) is 7.23. The van der Waals surface area contributed by atoms with Gasteiger partial charge in [0.25, 0.3) is 11.8 Å². The number of carbonyl (C=O) groups is 3. The molecular formula is C26H33N5O4. The van der Waals surface area contributed by atoms with Gasteiger partial charge in [0.05, 0.1) is 12.7 Å². The number of aromatic nitrogens is 1. The molecule has 1 aromatic carbocycles. The normalized spacial score (nSPS) is 22.1. The summed E-state index contributed by atoms with van der Waals surface area (Å²) in [6.45, 7) is 4.32. The molecule has 4 atom stereocenters. The van der Waals surface area contributed by atoms with Crippen LogP contribution in [0.3, 0.4) is 0 Å². The van der Waals surface area contributed by atoms with Crippen LogP contribution in [0.4, 0.5) is 5.82 Å². The number of nitrogens with one attached hydrogen (secondary N) is 2. The highest BCUT2D eigenvalue weighted by Gasteiger charge is 2.41. The topological polar surface area (TPSA) is 127 Å². The van der Waals surface area contributed by atoms with Crippen molar-refractivity contribution in [3.05, 3.63) is 53.2 Å². The van der Waals surface area contributed by atoms with E-state index in [-0.39, 0.29) is 23.9 Å². The number of nitrogens with zero attached hydrogens (tertiary/aromatic N) is 2. The number of anilines is 1. The molecule has 4 N–H and O–H groups in total. The fraction of sp³-hybridized carbons (Fsp3) is 0.462. The van der Waals surface area contributed by atoms with Crippen molar-refractivity contribution in [1.29, 1.82) is 0 Å². The van der Waals surface area contributed by atoms with Gasteiger partial charge in [-0.25, -0.2) is 4.98 Å². The largest absolute Gasteiger partial charge is 0.496 e. The van der Waals surface area contributed by atoms with Crippen molar-refractivity contribution in [3.63, 3.8) is 0 Å². The molecule has 1 saturated heterocycles. The molecule has 2 heterocycles. The Hall–Kier alpha value is -3.62. The van der Waals surface area contributed by atoms with Crippen LogP contribution in [0.25, 0.3) is 0 Å². The van der Waals surface area contributed by atoms with E-state index < -0.39 is 11.9 Å². The van der Waals surface area contributed by atoms with Gasteiger partial charge >= 0.3 is 0 Å². The van der Waals surface area contributed by atoms with Gasteiger partial charge < -0.3 is 26.0 Å². The van der Waals surface area contributed by atoms with Crippen molar-refractivity contribution < 1.29 is 19.1 Å². The highest BCUT2D eigenvalue weighted by Crippen LogP contribution is 2.39. The second-order valence-electron chi connectivity index (χ2n) is 9.44. The van der Waals surface area contributed by atoms with Crippen molar-refractivity contribution in [3.8, 4) is 5.75 Å². The van der Waals surface area contributed by atoms with Crippen molar-refractivity contribution in [2.45, 2.75) is 57.7 Å². The van der Waals surface area contributed by atoms with Gasteiger partial charge in [0.2, 0.25) is 5.91 Å². The number of primary amides is 1. The number of hydrogen-bond acceptors (Lipinski definition) is 6. The third kappa shape index (κ3) is 5.23. The molecule has 35 heavy (non-hydrogen) atoms. The summed E-state index contributed by atoms with van der Waals surface area (Å²) < 4.78 is 5.36. The van der Waals surface area contributed by atoms with E-state index in [4.69, 9.17) is 10.5 Å². The third-order valence-corrected chi connectivity index (χ3v) is 7.19. The lowest BCUT2D eigenvalue weighted by Crippen LogP contribution is -2.44. The molecule has 2 aromatic rings. The predicted octanol–water partition coefficient (Wildman–Crippen LogP) is 2.18. The molecule has 1 aromatic heterocycles. The fourth-order valence-corrected chi connectivity index (χ4v) is 5.27. The van der Waals surface area contributed by atoms with E-state index in [2.05, 4.69) is 20.5 Å². The molecule has 0 spiro atoms. The molecule has 1 saturated carbocycles. The first-order chi connectivity index (χ1) is 16.8. The summed E-state index contributed by atoms with van der Waals surface area (Å²) in [4.78, 5) is 43.4. The number of rotatable bonds is 7. The van der Waals surface area contributed by atoms with E-state index in [9.17, 15) is 14.4 Å². The molecule has 1 aliphatic carbocycles. The predicted molar refractivity (Wildman–Crippen MR) is 132 cm³/mol. The average Bonchev–Trinajstić information content (AvgIpc) is 3.26. The SMILES string of the molecule is COc1cccc(C(=O)NC2CC3CCCN(c4ccc(C(=O)N[C@@H](C)C(N)=O)cn4)C3C2)c1C. The highest BCUT2D eigenvalue weighted by molar-refractivity contribution is 5.97. The van der Waals surface area contributed by atoms with E-state index in [0.29, 0.717) is 22.8 Å². The number of methoxy groups -OCH3 is 1. The summed E-state index contributed by atoms with van der Waals surface area (Å²) in [7, 11) is 1.61. The first-order valence-electron chi connectivity index (χ1n) is 12.1. The summed E-state index contributed by atoms with van der Waals surface area (Å²) in [6.07, 6.45) is 5.48. The molecule has 0 radical (unpaired) electrons. The number of piperidine rings is 1. The van der Waals surface area contributed by atoms with Crippen molar-refractivity contribution in [1.82, 2.24) is 15.6 Å². The Balaban J connectivity index is 1.42. The van der Waals surface area contributed by atoms with Gasteiger partial charge in [-0.1, -0.05) is 6.07 Å². The second-order valence-corrected chi connectivity index (χ2v) is 9.44. The molecule has 1 aliphatic heterocycles. The minimum absolute atomic E-state index is 0.0738. The molecule has 3 unspecified atom stereocenters. The van der Waals surface area contributed by atoms with Gasteiger partial charge in [0.15, 0.2) is 0 Å². The van der Waals surface area contributed by atoms with Crippen LogP contribution in [0.1, 0.15) is 58.9 Å². The first kappa shape index (κ1) is 24.5. The number of hydrogen-bond donors (Lipinski definition) is 3. The maximum absolute atomic E-state index is 13.0. The van der Waals surface area contributed by atoms with Crippen molar-refractivity contribution in [2.24, 2.45) is 11.7 Å². The number of carbonyl (C=O) groups excluding carboxylic acids is 3. The maximum atomic E-state index is 13.0. The number of benzene rings is 1. The van der Waals surface area contributed by atoms with Crippen LogP contribution in [0, 0.1) is 12.8 Å². The first-order valence-corrected chi connectivity index (χ1v) is 12.1. The van der Waals surface area contributed by atoms with Gasteiger partial charge in [0.1, 0.15) is 17.6 Å². The van der Waals surface area contributed by atoms with Crippen LogP contribution < -0.4 is 26.0 Å². The van der Waals surface area contributed by atoms with E-state index in [0.717, 1.165) is 43.6 Å². The third-order valence-electron chi connectivity index (χ3n) is 7.19. The Morgan fingerprint density at radius 2 is 1.97 bits per heavy atom. The van der Waals surface area contributed by atoms with Gasteiger partial charge in [-0.05, 0) is 69.7 Å². The molecule has 0 bridgehead atoms. The number of fused-ring (bicyclic) bond motifs is 1. The molecule has 186 valence electrons. The lowest BCUT2D eigenvalue weighted by molar-refractivity contribution is -0.119. The van der Waals surface area contributed by atoms with E-state index in [1.165, 1.54) is 6.20 Å². The quantitative estimate of drug-likeness (QED) is 0.559. The molecular weight excluding hydrogens is 446 g/mol. The average molecular weight is 480 g/mol. The Labute approximate surface area is 205 Å². The van der Waals surface area contributed by atoms with E-state index in [1.807, 2.05) is 31.2 Å². The van der Waals surface area contributed by atoms with Crippen LogP contribution in [0.5, 0.6) is 5.75 Å². The zero-order valence-electron chi connectivity index (χ0n) is 20.4. The number of pyridine rings is 1. The monoisotopic (exact) mass is 479 g/mol. The summed E-state index contributed by atoms with van der Waals surface area (Å²) in [5.74, 6) is 0.943. The van der Waals surface area contributed by atoms with Gasteiger partial charge in [0, 0.05) is 36.0 Å². The summed E-state index contributed by atoms with van der Waals surface area (Å²) >= 11 is 0. The smallest absolute Gasteiger partial charge is 0.253 e. The maximum Gasteiger partial charge on any atom is 0.253 e. The van der Waals surface area contributed by atoms with E-state index >= 15 is 0 Å². The minimum Gasteiger partial charge on any atom is -0.496 e. The Morgan fingerprint density at radius 1 is 1.17 bits per heavy atom. The Bertz CT molecular complexity index is 1100. The minimum atomic E-state index is -0.753. The van der Waals surface area contributed by atoms with Gasteiger partial charge in [-0.2, -0.15) is 0 Å². The van der Waals surface area contributed by atoms with Crippen LogP contribution in [-0.4, -0.2) is 54.5 Å². The zero-order valence-corrected chi connectivity index (χ0v) is 20.4. The van der Waals surface area contributed by atoms with E-state index in [1.54, 1.807) is 20.1 Å². The lowest BCUT2D eigenvalue weighted by atomic mass is 9.92. The van der Waals surface area contributed by atoms with Crippen molar-refractivity contribution >= 4 is 23.5 Å². The lowest BCUT2D eigenvalue weighted by Gasteiger charge is -2.38. The summed E-state index contributed by atoms with van der Waals surface area (Å²) in [5.41, 5.74) is 7.07. The number of ether oxygens (including phenoxy) is 1. The Morgan fingerprint density at radius 3 is 2.66 bits per heavy atom. The summed E-state index contributed by atoms with van der Waals surface area (Å²) in [5, 5.41) is 5.80. The highest BCUT2D eigenvalue weighted by atomic mass is 16.5. The molecule has 4 rings (SSSR count). The standard InChI is InChI=1S/C26H33N5O4/c1-15-20(7-4-8-22(15)35-3)26(34)30-19-12-17-6-5-11-31(21(17)13-19)23-10-9-18(14-28-23)25(33)29-16(2)24(27)32/h4,7-10,14,16-17,19,21H,5-6,11-13H2,1-3H3,(H2,27,32)(H,29,33)(H,30,34)/t16-,17?,19?,21?/m0/s1. The van der Waals surface area contributed by atoms with Crippen LogP contribution in [-0.2, 0) is 4.79 Å². The van der Waals surface area contributed by atoms with Gasteiger partial charge in [-0.3, -0.25) is 14.4 Å². The van der Waals surface area contributed by atoms with Crippen molar-refractivity contribution in [2.75, 3.05) is 18.6 Å². The molecule has 9 nitrogen and oxygen atoms in total. The van der Waals surface area contributed by atoms with Crippen LogP contribution in [0.15, 0.2) is 36.5 Å². The molecule has 2 aliphatic rings. The molecule has 3 amide bonds. The zero-order chi connectivity index (χ0) is 25.1. The molecule has 2 fully saturated rings. The number of amides is 3. The fourth-order valence-electron chi connectivity index (χ4n) is 5.27.